The molecule has 0 N–H and O–H groups in total. The second kappa shape index (κ2) is 7.55. The van der Waals surface area contributed by atoms with Crippen LogP contribution in [0.25, 0.3) is 0 Å². The van der Waals surface area contributed by atoms with E-state index >= 15 is 0 Å². The molecule has 3 aliphatic carbocycles. The van der Waals surface area contributed by atoms with E-state index in [4.69, 9.17) is 0 Å². The fraction of sp³-hybridized carbons (Fsp3) is 1.00. The monoisotopic (exact) mass is 346 g/mol. The van der Waals surface area contributed by atoms with Gasteiger partial charge in [-0.3, -0.25) is 0 Å². The van der Waals surface area contributed by atoms with Crippen molar-refractivity contribution >= 4 is 0 Å². The molecule has 0 radical (unpaired) electrons. The van der Waals surface area contributed by atoms with E-state index in [1.165, 1.54) is 103 Å². The molecule has 0 heterocycles. The molecule has 0 aliphatic heterocycles. The molecule has 3 atom stereocenters. The van der Waals surface area contributed by atoms with Crippen molar-refractivity contribution in [3.63, 3.8) is 0 Å². The highest BCUT2D eigenvalue weighted by Crippen LogP contribution is 2.70. The van der Waals surface area contributed by atoms with Crippen LogP contribution in [0.4, 0.5) is 0 Å². The summed E-state index contributed by atoms with van der Waals surface area (Å²) in [6.45, 7) is 10.5. The van der Waals surface area contributed by atoms with Crippen LogP contribution in [0.1, 0.15) is 137 Å². The molecule has 3 aliphatic rings. The summed E-state index contributed by atoms with van der Waals surface area (Å²) in [5.41, 5.74) is 2.51. The molecule has 0 saturated heterocycles. The lowest BCUT2D eigenvalue weighted by Gasteiger charge is -2.58. The average molecular weight is 347 g/mol. The molecule has 0 aromatic carbocycles. The van der Waals surface area contributed by atoms with E-state index < -0.39 is 0 Å². The van der Waals surface area contributed by atoms with Gasteiger partial charge in [0.15, 0.2) is 0 Å². The minimum Gasteiger partial charge on any atom is -0.0649 e. The highest BCUT2D eigenvalue weighted by molar-refractivity contribution is 5.09. The van der Waals surface area contributed by atoms with Gasteiger partial charge >= 0.3 is 0 Å². The van der Waals surface area contributed by atoms with Gasteiger partial charge in [-0.15, -0.1) is 0 Å². The largest absolute Gasteiger partial charge is 0.0649 e. The van der Waals surface area contributed by atoms with Crippen molar-refractivity contribution < 1.29 is 0 Å². The van der Waals surface area contributed by atoms with Crippen molar-refractivity contribution in [2.24, 2.45) is 21.7 Å². The van der Waals surface area contributed by atoms with Gasteiger partial charge in [-0.05, 0) is 73.0 Å². The Hall–Kier alpha value is 0. The first-order valence-corrected chi connectivity index (χ1v) is 11.9. The zero-order chi connectivity index (χ0) is 18.0. The molecular weight excluding hydrogens is 300 g/mol. The van der Waals surface area contributed by atoms with Gasteiger partial charge in [0.1, 0.15) is 0 Å². The molecule has 3 rings (SSSR count). The van der Waals surface area contributed by atoms with Gasteiger partial charge in [0.25, 0.3) is 0 Å². The first-order valence-electron chi connectivity index (χ1n) is 11.9. The van der Waals surface area contributed by atoms with Crippen molar-refractivity contribution in [1.29, 1.82) is 0 Å². The minimum absolute atomic E-state index is 0.614. The molecular formula is C25H46. The Labute approximate surface area is 158 Å². The van der Waals surface area contributed by atoms with Crippen molar-refractivity contribution in [3.8, 4) is 0 Å². The number of rotatable bonds is 2. The van der Waals surface area contributed by atoms with Crippen LogP contribution in [0.3, 0.4) is 0 Å². The number of hydrogen-bond donors (Lipinski definition) is 0. The normalized spacial score (nSPS) is 43.2. The molecule has 0 spiro atoms. The number of fused-ring (bicyclic) bond motifs is 1. The summed E-state index contributed by atoms with van der Waals surface area (Å²) in [5, 5.41) is 0. The second-order valence-corrected chi connectivity index (χ2v) is 11.2. The Balaban J connectivity index is 1.90. The van der Waals surface area contributed by atoms with Crippen LogP contribution >= 0.6 is 0 Å². The zero-order valence-electron chi connectivity index (χ0n) is 18.0. The average Bonchev–Trinajstić information content (AvgIpc) is 2.96. The lowest BCUT2D eigenvalue weighted by molar-refractivity contribution is -0.0886. The molecule has 146 valence electrons. The van der Waals surface area contributed by atoms with Crippen LogP contribution in [0, 0.1) is 21.7 Å². The van der Waals surface area contributed by atoms with Gasteiger partial charge in [0, 0.05) is 0 Å². The molecule has 3 fully saturated rings. The molecule has 0 nitrogen and oxygen atoms in total. The van der Waals surface area contributed by atoms with Crippen LogP contribution < -0.4 is 0 Å². The second-order valence-electron chi connectivity index (χ2n) is 11.2. The van der Waals surface area contributed by atoms with E-state index in [9.17, 15) is 0 Å². The Bertz CT molecular complexity index is 427. The first kappa shape index (κ1) is 19.8. The summed E-state index contributed by atoms with van der Waals surface area (Å²) in [4.78, 5) is 0. The van der Waals surface area contributed by atoms with Crippen LogP contribution in [0.15, 0.2) is 0 Å². The summed E-state index contributed by atoms with van der Waals surface area (Å²) in [5.74, 6) is 0. The van der Waals surface area contributed by atoms with E-state index in [2.05, 4.69) is 27.7 Å². The topological polar surface area (TPSA) is 0 Å². The minimum atomic E-state index is 0.614. The number of hydrogen-bond acceptors (Lipinski definition) is 0. The third-order valence-electron chi connectivity index (χ3n) is 9.87. The van der Waals surface area contributed by atoms with E-state index in [-0.39, 0.29) is 0 Å². The molecule has 0 heteroatoms. The molecule has 0 aromatic rings. The van der Waals surface area contributed by atoms with E-state index in [1.54, 1.807) is 6.42 Å². The maximum absolute atomic E-state index is 2.75. The van der Waals surface area contributed by atoms with Gasteiger partial charge in [0.2, 0.25) is 0 Å². The standard InChI is InChI=1S/C25H46/c1-5-22(2)14-12-18-25(19-13-17-24(25,4)21-20-22)23(3)15-10-8-6-7-9-11-16-23/h5-21H2,1-4H3. The maximum Gasteiger partial charge on any atom is -0.0190 e. The molecule has 3 saturated carbocycles. The highest BCUT2D eigenvalue weighted by Gasteiger charge is 2.60. The molecule has 25 heavy (non-hydrogen) atoms. The Morgan fingerprint density at radius 3 is 1.56 bits per heavy atom. The third-order valence-corrected chi connectivity index (χ3v) is 9.87. The summed E-state index contributed by atoms with van der Waals surface area (Å²) in [6.07, 6.45) is 25.5. The van der Waals surface area contributed by atoms with E-state index in [0.717, 1.165) is 0 Å². The van der Waals surface area contributed by atoms with Crippen molar-refractivity contribution in [3.05, 3.63) is 0 Å². The predicted octanol–water partition coefficient (Wildman–Crippen LogP) is 8.68. The van der Waals surface area contributed by atoms with E-state index in [1.807, 2.05) is 0 Å². The van der Waals surface area contributed by atoms with Crippen molar-refractivity contribution in [2.75, 3.05) is 0 Å². The SMILES string of the molecule is CCC1(C)CCCC2(C3(C)CCCCCCCC3)CCCC2(C)CC1. The predicted molar refractivity (Wildman–Crippen MR) is 111 cm³/mol. The van der Waals surface area contributed by atoms with E-state index in [0.29, 0.717) is 21.7 Å². The fourth-order valence-corrected chi connectivity index (χ4v) is 7.66. The van der Waals surface area contributed by atoms with Crippen LogP contribution in [-0.4, -0.2) is 0 Å². The van der Waals surface area contributed by atoms with Gasteiger partial charge in [0.05, 0.1) is 0 Å². The summed E-state index contributed by atoms with van der Waals surface area (Å²) in [7, 11) is 0. The molecule has 0 bridgehead atoms. The van der Waals surface area contributed by atoms with Gasteiger partial charge < -0.3 is 0 Å². The summed E-state index contributed by atoms with van der Waals surface area (Å²) in [6, 6.07) is 0. The molecule has 0 amide bonds. The third kappa shape index (κ3) is 3.58. The quantitative estimate of drug-likeness (QED) is 0.469. The molecule has 3 unspecified atom stereocenters. The highest BCUT2D eigenvalue weighted by atomic mass is 14.6. The van der Waals surface area contributed by atoms with Gasteiger partial charge in [-0.1, -0.05) is 85.5 Å². The Kier molecular flexibility index (Phi) is 5.97. The van der Waals surface area contributed by atoms with Crippen LogP contribution in [0.5, 0.6) is 0 Å². The summed E-state index contributed by atoms with van der Waals surface area (Å²) >= 11 is 0. The zero-order valence-corrected chi connectivity index (χ0v) is 18.0. The van der Waals surface area contributed by atoms with Crippen molar-refractivity contribution in [2.45, 2.75) is 137 Å². The van der Waals surface area contributed by atoms with Gasteiger partial charge in [-0.25, -0.2) is 0 Å². The van der Waals surface area contributed by atoms with Crippen LogP contribution in [-0.2, 0) is 0 Å². The summed E-state index contributed by atoms with van der Waals surface area (Å²) < 4.78 is 0. The first-order chi connectivity index (χ1) is 11.9. The molecule has 0 aromatic heterocycles. The fourth-order valence-electron chi connectivity index (χ4n) is 7.66. The Morgan fingerprint density at radius 1 is 0.480 bits per heavy atom. The lowest BCUT2D eigenvalue weighted by Crippen LogP contribution is -2.49. The maximum atomic E-state index is 2.75. The van der Waals surface area contributed by atoms with Crippen LogP contribution in [0.2, 0.25) is 0 Å². The smallest absolute Gasteiger partial charge is 0.0190 e. The Morgan fingerprint density at radius 2 is 0.960 bits per heavy atom. The lowest BCUT2D eigenvalue weighted by atomic mass is 9.46. The van der Waals surface area contributed by atoms with Crippen molar-refractivity contribution in [1.82, 2.24) is 0 Å². The van der Waals surface area contributed by atoms with Gasteiger partial charge in [-0.2, -0.15) is 0 Å².